The summed E-state index contributed by atoms with van der Waals surface area (Å²) < 4.78 is 50.7. The number of benzene rings is 1. The zero-order valence-corrected chi connectivity index (χ0v) is 11.8. The quantitative estimate of drug-likeness (QED) is 0.761. The molecule has 1 rings (SSSR count). The van der Waals surface area contributed by atoms with Gasteiger partial charge in [-0.05, 0) is 48.0 Å². The summed E-state index contributed by atoms with van der Waals surface area (Å²) in [5, 5.41) is 0. The van der Waals surface area contributed by atoms with E-state index in [4.69, 9.17) is 0 Å². The summed E-state index contributed by atoms with van der Waals surface area (Å²) in [6.07, 6.45) is -4.49. The zero-order chi connectivity index (χ0) is 14.8. The fourth-order valence-electron chi connectivity index (χ4n) is 1.48. The molecule has 0 saturated carbocycles. The second-order valence-electron chi connectivity index (χ2n) is 4.27. The van der Waals surface area contributed by atoms with Crippen molar-refractivity contribution in [1.82, 2.24) is 4.90 Å². The van der Waals surface area contributed by atoms with E-state index in [1.165, 1.54) is 26.0 Å². The average Bonchev–Trinajstić information content (AvgIpc) is 2.27. The van der Waals surface area contributed by atoms with Crippen molar-refractivity contribution in [2.45, 2.75) is 26.1 Å². The van der Waals surface area contributed by atoms with Gasteiger partial charge in [-0.1, -0.05) is 0 Å². The van der Waals surface area contributed by atoms with Gasteiger partial charge < -0.3 is 4.90 Å². The molecule has 0 aliphatic rings. The molecule has 0 aliphatic heterocycles. The Hall–Kier alpha value is -1.11. The van der Waals surface area contributed by atoms with Gasteiger partial charge in [-0.3, -0.25) is 4.79 Å². The van der Waals surface area contributed by atoms with Gasteiger partial charge >= 0.3 is 6.18 Å². The normalized spacial score (nSPS) is 11.8. The summed E-state index contributed by atoms with van der Waals surface area (Å²) in [5.74, 6) is -1.54. The van der Waals surface area contributed by atoms with Crippen LogP contribution < -0.4 is 0 Å². The van der Waals surface area contributed by atoms with Crippen LogP contribution in [-0.4, -0.2) is 29.6 Å². The predicted molar refractivity (Wildman–Crippen MR) is 66.3 cm³/mol. The standard InChI is InChI=1S/C12H12BrF4NO/c1-7(2)18(6-12(15,16)17)11(19)8-3-4-9(13)10(14)5-8/h3-5,7H,6H2,1-2H3. The number of nitrogens with zero attached hydrogens (tertiary/aromatic N) is 1. The molecule has 0 spiro atoms. The lowest BCUT2D eigenvalue weighted by Crippen LogP contribution is -2.43. The summed E-state index contributed by atoms with van der Waals surface area (Å²) in [6, 6.07) is 2.84. The highest BCUT2D eigenvalue weighted by Gasteiger charge is 2.34. The van der Waals surface area contributed by atoms with Crippen molar-refractivity contribution >= 4 is 21.8 Å². The smallest absolute Gasteiger partial charge is 0.327 e. The number of alkyl halides is 3. The molecule has 2 nitrogen and oxygen atoms in total. The van der Waals surface area contributed by atoms with Crippen molar-refractivity contribution in [3.8, 4) is 0 Å². The van der Waals surface area contributed by atoms with Crippen LogP contribution in [0.1, 0.15) is 24.2 Å². The lowest BCUT2D eigenvalue weighted by atomic mass is 10.1. The Morgan fingerprint density at radius 1 is 1.37 bits per heavy atom. The van der Waals surface area contributed by atoms with Crippen LogP contribution in [0.2, 0.25) is 0 Å². The van der Waals surface area contributed by atoms with E-state index < -0.39 is 30.5 Å². The second-order valence-corrected chi connectivity index (χ2v) is 5.13. The number of carbonyl (C=O) groups is 1. The third kappa shape index (κ3) is 4.49. The Kier molecular flexibility index (Phi) is 4.95. The van der Waals surface area contributed by atoms with E-state index in [-0.39, 0.29) is 10.0 Å². The summed E-state index contributed by atoms with van der Waals surface area (Å²) in [6.45, 7) is 1.58. The molecule has 0 aromatic heterocycles. The van der Waals surface area contributed by atoms with Crippen LogP contribution in [0, 0.1) is 5.82 Å². The number of rotatable bonds is 3. The van der Waals surface area contributed by atoms with Gasteiger partial charge in [0.1, 0.15) is 12.4 Å². The van der Waals surface area contributed by atoms with E-state index in [1.807, 2.05) is 0 Å². The molecular weight excluding hydrogens is 330 g/mol. The number of carbonyl (C=O) groups excluding carboxylic acids is 1. The fourth-order valence-corrected chi connectivity index (χ4v) is 1.72. The van der Waals surface area contributed by atoms with Crippen molar-refractivity contribution in [2.75, 3.05) is 6.54 Å². The molecule has 0 unspecified atom stereocenters. The van der Waals surface area contributed by atoms with Crippen LogP contribution in [0.4, 0.5) is 17.6 Å². The maximum absolute atomic E-state index is 13.3. The van der Waals surface area contributed by atoms with Crippen LogP contribution in [0.5, 0.6) is 0 Å². The highest BCUT2D eigenvalue weighted by atomic mass is 79.9. The van der Waals surface area contributed by atoms with Gasteiger partial charge in [-0.2, -0.15) is 13.2 Å². The molecule has 0 fully saturated rings. The Balaban J connectivity index is 3.02. The van der Waals surface area contributed by atoms with E-state index >= 15 is 0 Å². The molecule has 106 valence electrons. The van der Waals surface area contributed by atoms with E-state index in [9.17, 15) is 22.4 Å². The van der Waals surface area contributed by atoms with Crippen LogP contribution in [0.15, 0.2) is 22.7 Å². The highest BCUT2D eigenvalue weighted by Crippen LogP contribution is 2.22. The topological polar surface area (TPSA) is 20.3 Å². The monoisotopic (exact) mass is 341 g/mol. The van der Waals surface area contributed by atoms with Crippen LogP contribution in [0.25, 0.3) is 0 Å². The fraction of sp³-hybridized carbons (Fsp3) is 0.417. The van der Waals surface area contributed by atoms with Crippen LogP contribution in [0.3, 0.4) is 0 Å². The zero-order valence-electron chi connectivity index (χ0n) is 10.3. The Labute approximate surface area is 116 Å². The molecule has 0 N–H and O–H groups in total. The van der Waals surface area contributed by atoms with Crippen molar-refractivity contribution in [2.24, 2.45) is 0 Å². The van der Waals surface area contributed by atoms with Crippen molar-refractivity contribution < 1.29 is 22.4 Å². The summed E-state index contributed by atoms with van der Waals surface area (Å²) in [5.41, 5.74) is -0.112. The van der Waals surface area contributed by atoms with Gasteiger partial charge in [0.25, 0.3) is 5.91 Å². The molecule has 0 radical (unpaired) electrons. The largest absolute Gasteiger partial charge is 0.406 e. The van der Waals surface area contributed by atoms with E-state index in [2.05, 4.69) is 15.9 Å². The van der Waals surface area contributed by atoms with Gasteiger partial charge in [0, 0.05) is 11.6 Å². The van der Waals surface area contributed by atoms with Gasteiger partial charge in [-0.15, -0.1) is 0 Å². The molecule has 1 aromatic carbocycles. The van der Waals surface area contributed by atoms with Crippen LogP contribution >= 0.6 is 15.9 Å². The average molecular weight is 342 g/mol. The van der Waals surface area contributed by atoms with E-state index in [1.54, 1.807) is 0 Å². The lowest BCUT2D eigenvalue weighted by Gasteiger charge is -2.27. The molecular formula is C12H12BrF4NO. The number of amides is 1. The van der Waals surface area contributed by atoms with Crippen molar-refractivity contribution in [3.05, 3.63) is 34.1 Å². The first-order valence-corrected chi connectivity index (χ1v) is 6.24. The van der Waals surface area contributed by atoms with Gasteiger partial charge in [0.05, 0.1) is 4.47 Å². The predicted octanol–water partition coefficient (Wildman–Crippen LogP) is 4.00. The Bertz CT molecular complexity index is 473. The van der Waals surface area contributed by atoms with Gasteiger partial charge in [0.2, 0.25) is 0 Å². The maximum atomic E-state index is 13.3. The minimum absolute atomic E-state index is 0.112. The molecule has 0 atom stereocenters. The van der Waals surface area contributed by atoms with E-state index in [0.717, 1.165) is 6.07 Å². The minimum Gasteiger partial charge on any atom is -0.327 e. The summed E-state index contributed by atoms with van der Waals surface area (Å²) in [7, 11) is 0. The minimum atomic E-state index is -4.49. The lowest BCUT2D eigenvalue weighted by molar-refractivity contribution is -0.143. The molecule has 1 aromatic rings. The second kappa shape index (κ2) is 5.90. The van der Waals surface area contributed by atoms with E-state index in [0.29, 0.717) is 4.90 Å². The first-order valence-electron chi connectivity index (χ1n) is 5.44. The molecule has 7 heteroatoms. The molecule has 0 bridgehead atoms. The molecule has 0 saturated heterocycles. The highest BCUT2D eigenvalue weighted by molar-refractivity contribution is 9.10. The number of hydrogen-bond acceptors (Lipinski definition) is 1. The number of halogens is 5. The molecule has 19 heavy (non-hydrogen) atoms. The Morgan fingerprint density at radius 2 is 1.95 bits per heavy atom. The molecule has 1 amide bonds. The Morgan fingerprint density at radius 3 is 2.37 bits per heavy atom. The summed E-state index contributed by atoms with van der Waals surface area (Å²) >= 11 is 2.91. The third-order valence-electron chi connectivity index (χ3n) is 2.40. The maximum Gasteiger partial charge on any atom is 0.406 e. The first kappa shape index (κ1) is 15.9. The van der Waals surface area contributed by atoms with Crippen molar-refractivity contribution in [1.29, 1.82) is 0 Å². The third-order valence-corrected chi connectivity index (χ3v) is 3.04. The molecule has 0 aliphatic carbocycles. The number of hydrogen-bond donors (Lipinski definition) is 0. The summed E-state index contributed by atoms with van der Waals surface area (Å²) in [4.78, 5) is 12.6. The SMILES string of the molecule is CC(C)N(CC(F)(F)F)C(=O)c1ccc(Br)c(F)c1. The first-order chi connectivity index (χ1) is 8.61. The van der Waals surface area contributed by atoms with Gasteiger partial charge in [0.15, 0.2) is 0 Å². The van der Waals surface area contributed by atoms with Gasteiger partial charge in [-0.25, -0.2) is 4.39 Å². The van der Waals surface area contributed by atoms with Crippen molar-refractivity contribution in [3.63, 3.8) is 0 Å². The molecule has 0 heterocycles. The van der Waals surface area contributed by atoms with Crippen LogP contribution in [-0.2, 0) is 0 Å².